The number of nitrogen functional groups attached to an aromatic ring is 1. The molecule has 0 bridgehead atoms. The Hall–Kier alpha value is -2.19. The fourth-order valence-electron chi connectivity index (χ4n) is 1.42. The average Bonchev–Trinajstić information content (AvgIpc) is 2.42. The van der Waals surface area contributed by atoms with Gasteiger partial charge in [-0.1, -0.05) is 24.9 Å². The van der Waals surface area contributed by atoms with Gasteiger partial charge in [0.05, 0.1) is 10.7 Å². The highest BCUT2D eigenvalue weighted by Crippen LogP contribution is 2.24. The van der Waals surface area contributed by atoms with E-state index in [9.17, 15) is 4.79 Å². The molecule has 0 aliphatic carbocycles. The summed E-state index contributed by atoms with van der Waals surface area (Å²) in [6.07, 6.45) is 3.42. The molecule has 0 aliphatic rings. The Morgan fingerprint density at radius 2 is 2.30 bits per heavy atom. The summed E-state index contributed by atoms with van der Waals surface area (Å²) in [7, 11) is 0. The predicted molar refractivity (Wildman–Crippen MR) is 81.1 cm³/mol. The van der Waals surface area contributed by atoms with Gasteiger partial charge in [0.15, 0.2) is 0 Å². The molecule has 0 unspecified atom stereocenters. The molecule has 1 amide bonds. The van der Waals surface area contributed by atoms with Gasteiger partial charge in [0.1, 0.15) is 11.6 Å². The standard InChI is InChI=1S/C14H17ClN4O/c1-2-3-6-18-9-10(8-16)14(20)19-13-5-4-11(17)7-12(13)15/h4-5,7,9,18H,2-3,6,17H2,1H3,(H,19,20)/b10-9-. The minimum atomic E-state index is -0.511. The zero-order valence-corrected chi connectivity index (χ0v) is 12.0. The zero-order chi connectivity index (χ0) is 15.0. The highest BCUT2D eigenvalue weighted by molar-refractivity contribution is 6.34. The lowest BCUT2D eigenvalue weighted by Gasteiger charge is -2.07. The lowest BCUT2D eigenvalue weighted by Crippen LogP contribution is -2.17. The van der Waals surface area contributed by atoms with Gasteiger partial charge in [-0.05, 0) is 24.6 Å². The van der Waals surface area contributed by atoms with E-state index in [0.29, 0.717) is 16.4 Å². The van der Waals surface area contributed by atoms with E-state index in [4.69, 9.17) is 22.6 Å². The first-order valence-electron chi connectivity index (χ1n) is 6.28. The second kappa shape index (κ2) is 8.08. The molecule has 0 saturated heterocycles. The summed E-state index contributed by atoms with van der Waals surface area (Å²) in [5, 5.41) is 14.8. The molecule has 0 heterocycles. The van der Waals surface area contributed by atoms with Crippen molar-refractivity contribution in [3.63, 3.8) is 0 Å². The Labute approximate surface area is 123 Å². The van der Waals surface area contributed by atoms with E-state index in [1.54, 1.807) is 12.1 Å². The van der Waals surface area contributed by atoms with E-state index in [2.05, 4.69) is 17.6 Å². The molecule has 0 aromatic heterocycles. The first-order valence-corrected chi connectivity index (χ1v) is 6.66. The summed E-state index contributed by atoms with van der Waals surface area (Å²) in [6.45, 7) is 2.78. The van der Waals surface area contributed by atoms with Crippen molar-refractivity contribution in [3.8, 4) is 6.07 Å². The number of benzene rings is 1. The van der Waals surface area contributed by atoms with Crippen LogP contribution in [0.5, 0.6) is 0 Å². The van der Waals surface area contributed by atoms with Crippen LogP contribution in [0.15, 0.2) is 30.0 Å². The number of amides is 1. The van der Waals surface area contributed by atoms with Crippen molar-refractivity contribution in [2.24, 2.45) is 0 Å². The van der Waals surface area contributed by atoms with Crippen LogP contribution in [0.2, 0.25) is 5.02 Å². The molecule has 4 N–H and O–H groups in total. The summed E-state index contributed by atoms with van der Waals surface area (Å²) in [5.41, 5.74) is 6.48. The Morgan fingerprint density at radius 3 is 2.90 bits per heavy atom. The van der Waals surface area contributed by atoms with E-state index in [-0.39, 0.29) is 5.57 Å². The topological polar surface area (TPSA) is 90.9 Å². The summed E-state index contributed by atoms with van der Waals surface area (Å²) in [4.78, 5) is 11.9. The second-order valence-corrected chi connectivity index (χ2v) is 4.58. The Morgan fingerprint density at radius 1 is 1.55 bits per heavy atom. The summed E-state index contributed by atoms with van der Waals surface area (Å²) in [6, 6.07) is 6.60. The van der Waals surface area contributed by atoms with E-state index in [1.807, 2.05) is 6.07 Å². The Bertz CT molecular complexity index is 549. The number of unbranched alkanes of at least 4 members (excludes halogenated alkanes) is 1. The van der Waals surface area contributed by atoms with Crippen molar-refractivity contribution < 1.29 is 4.79 Å². The number of hydrogen-bond donors (Lipinski definition) is 3. The number of carbonyl (C=O) groups is 1. The summed E-state index contributed by atoms with van der Waals surface area (Å²) < 4.78 is 0. The maximum atomic E-state index is 11.9. The Balaban J connectivity index is 2.70. The molecule has 1 aromatic rings. The number of halogens is 1. The molecule has 1 rings (SSSR count). The number of nitrogens with zero attached hydrogens (tertiary/aromatic N) is 1. The molecule has 0 atom stereocenters. The molecule has 0 aliphatic heterocycles. The largest absolute Gasteiger partial charge is 0.399 e. The Kier molecular flexibility index (Phi) is 6.41. The minimum absolute atomic E-state index is 0.00556. The molecule has 106 valence electrons. The van der Waals surface area contributed by atoms with E-state index in [1.165, 1.54) is 12.3 Å². The van der Waals surface area contributed by atoms with Gasteiger partial charge in [-0.25, -0.2) is 0 Å². The van der Waals surface area contributed by atoms with Gasteiger partial charge in [-0.15, -0.1) is 0 Å². The predicted octanol–water partition coefficient (Wildman–Crippen LogP) is 2.66. The van der Waals surface area contributed by atoms with Crippen LogP contribution in [-0.4, -0.2) is 12.5 Å². The molecule has 1 aromatic carbocycles. The van der Waals surface area contributed by atoms with Crippen LogP contribution >= 0.6 is 11.6 Å². The third kappa shape index (κ3) is 4.82. The van der Waals surface area contributed by atoms with E-state index < -0.39 is 5.91 Å². The van der Waals surface area contributed by atoms with Crippen LogP contribution in [0.4, 0.5) is 11.4 Å². The highest BCUT2D eigenvalue weighted by atomic mass is 35.5. The number of rotatable bonds is 6. The molecule has 6 heteroatoms. The molecule has 5 nitrogen and oxygen atoms in total. The van der Waals surface area contributed by atoms with E-state index >= 15 is 0 Å². The van der Waals surface area contributed by atoms with E-state index in [0.717, 1.165) is 19.4 Å². The SMILES string of the molecule is CCCCN/C=C(/C#N)C(=O)Nc1ccc(N)cc1Cl. The fourth-order valence-corrected chi connectivity index (χ4v) is 1.66. The molecule has 0 spiro atoms. The van der Waals surface area contributed by atoms with Gasteiger partial charge >= 0.3 is 0 Å². The second-order valence-electron chi connectivity index (χ2n) is 4.17. The molecular weight excluding hydrogens is 276 g/mol. The monoisotopic (exact) mass is 292 g/mol. The van der Waals surface area contributed by atoms with Crippen molar-refractivity contribution in [3.05, 3.63) is 35.0 Å². The van der Waals surface area contributed by atoms with Crippen LogP contribution < -0.4 is 16.4 Å². The quantitative estimate of drug-likeness (QED) is 0.325. The minimum Gasteiger partial charge on any atom is -0.399 e. The zero-order valence-electron chi connectivity index (χ0n) is 11.2. The first kappa shape index (κ1) is 15.9. The molecule has 20 heavy (non-hydrogen) atoms. The van der Waals surface area contributed by atoms with Gasteiger partial charge in [0.2, 0.25) is 0 Å². The van der Waals surface area contributed by atoms with Gasteiger partial charge in [-0.2, -0.15) is 5.26 Å². The van der Waals surface area contributed by atoms with Gasteiger partial charge in [0.25, 0.3) is 5.91 Å². The van der Waals surface area contributed by atoms with Crippen molar-refractivity contribution in [1.82, 2.24) is 5.32 Å². The molecule has 0 radical (unpaired) electrons. The van der Waals surface area contributed by atoms with Crippen LogP contribution in [0.3, 0.4) is 0 Å². The molecule has 0 fully saturated rings. The fraction of sp³-hybridized carbons (Fsp3) is 0.286. The molecule has 0 saturated carbocycles. The third-order valence-corrected chi connectivity index (χ3v) is 2.84. The van der Waals surface area contributed by atoms with Crippen molar-refractivity contribution >= 4 is 28.9 Å². The van der Waals surface area contributed by atoms with Crippen LogP contribution in [0.1, 0.15) is 19.8 Å². The maximum Gasteiger partial charge on any atom is 0.267 e. The maximum absolute atomic E-state index is 11.9. The number of nitriles is 1. The van der Waals surface area contributed by atoms with Crippen LogP contribution in [0.25, 0.3) is 0 Å². The first-order chi connectivity index (χ1) is 9.58. The number of hydrogen-bond acceptors (Lipinski definition) is 4. The average molecular weight is 293 g/mol. The lowest BCUT2D eigenvalue weighted by molar-refractivity contribution is -0.112. The highest BCUT2D eigenvalue weighted by Gasteiger charge is 2.11. The summed E-state index contributed by atoms with van der Waals surface area (Å²) >= 11 is 5.95. The lowest BCUT2D eigenvalue weighted by atomic mass is 10.2. The van der Waals surface area contributed by atoms with Crippen molar-refractivity contribution in [1.29, 1.82) is 5.26 Å². The number of nitrogens with two attached hydrogens (primary N) is 1. The van der Waals surface area contributed by atoms with Gasteiger partial charge in [0, 0.05) is 18.4 Å². The van der Waals surface area contributed by atoms with Crippen molar-refractivity contribution in [2.75, 3.05) is 17.6 Å². The summed E-state index contributed by atoms with van der Waals surface area (Å²) in [5.74, 6) is -0.511. The van der Waals surface area contributed by atoms with Crippen LogP contribution in [0, 0.1) is 11.3 Å². The normalized spacial score (nSPS) is 10.8. The molecular formula is C14H17ClN4O. The number of anilines is 2. The van der Waals surface area contributed by atoms with Gasteiger partial charge < -0.3 is 16.4 Å². The van der Waals surface area contributed by atoms with Crippen LogP contribution in [-0.2, 0) is 4.79 Å². The van der Waals surface area contributed by atoms with Gasteiger partial charge in [-0.3, -0.25) is 4.79 Å². The third-order valence-electron chi connectivity index (χ3n) is 2.53. The smallest absolute Gasteiger partial charge is 0.267 e. The van der Waals surface area contributed by atoms with Crippen molar-refractivity contribution in [2.45, 2.75) is 19.8 Å². The number of carbonyl (C=O) groups excluding carboxylic acids is 1. The number of nitrogens with one attached hydrogen (secondary N) is 2.